The largest absolute Gasteiger partial charge is 0.265 e. The van der Waals surface area contributed by atoms with E-state index < -0.39 is 5.66 Å². The summed E-state index contributed by atoms with van der Waals surface area (Å²) in [7, 11) is 0. The Morgan fingerprint density at radius 3 is 2.31 bits per heavy atom. The molecule has 0 saturated heterocycles. The van der Waals surface area contributed by atoms with Gasteiger partial charge in [-0.25, -0.2) is 9.98 Å². The normalized spacial score (nSPS) is 18.3. The Balaban J connectivity index is 0.00000338. The molecule has 1 atom stereocenters. The van der Waals surface area contributed by atoms with E-state index in [0.29, 0.717) is 15.6 Å². The van der Waals surface area contributed by atoms with Crippen LogP contribution in [0.15, 0.2) is 28.2 Å². The summed E-state index contributed by atoms with van der Waals surface area (Å²) in [6.07, 6.45) is 12.7. The molecule has 0 radical (unpaired) electrons. The first kappa shape index (κ1) is 23.0. The fourth-order valence-corrected chi connectivity index (χ4v) is 3.55. The van der Waals surface area contributed by atoms with E-state index in [4.69, 9.17) is 23.2 Å². The molecule has 0 aliphatic carbocycles. The maximum atomic E-state index is 9.63. The van der Waals surface area contributed by atoms with Crippen molar-refractivity contribution >= 4 is 47.5 Å². The van der Waals surface area contributed by atoms with E-state index in [-0.39, 0.29) is 12.4 Å². The van der Waals surface area contributed by atoms with Gasteiger partial charge in [0.2, 0.25) is 0 Å². The van der Waals surface area contributed by atoms with E-state index in [2.05, 4.69) is 23.0 Å². The van der Waals surface area contributed by atoms with Crippen LogP contribution in [-0.4, -0.2) is 11.9 Å². The van der Waals surface area contributed by atoms with Crippen molar-refractivity contribution < 1.29 is 0 Å². The minimum Gasteiger partial charge on any atom is -0.243 e. The van der Waals surface area contributed by atoms with Gasteiger partial charge in [-0.1, -0.05) is 81.1 Å². The van der Waals surface area contributed by atoms with Gasteiger partial charge in [-0.15, -0.1) is 12.4 Å². The summed E-state index contributed by atoms with van der Waals surface area (Å²) in [6, 6.07) is 7.27. The standard InChI is InChI=1S/C20H25Cl2N3.ClH/c1-2-3-4-5-6-7-8-9-10-17-14-24-20(15-23,25-17)18-12-11-16(21)13-19(18)22;/h11-14H,2-10H2,1H3;1H. The molecule has 0 N–H and O–H groups in total. The summed E-state index contributed by atoms with van der Waals surface area (Å²) in [5, 5.41) is 10.6. The van der Waals surface area contributed by atoms with Gasteiger partial charge in [0.15, 0.2) is 0 Å². The number of nitrogens with zero attached hydrogens (tertiary/aromatic N) is 3. The van der Waals surface area contributed by atoms with E-state index >= 15 is 0 Å². The van der Waals surface area contributed by atoms with Crippen LogP contribution in [0.5, 0.6) is 0 Å². The van der Waals surface area contributed by atoms with Gasteiger partial charge in [0.05, 0.1) is 10.7 Å². The second kappa shape index (κ2) is 11.6. The number of hydrogen-bond acceptors (Lipinski definition) is 3. The number of hydrogen-bond donors (Lipinski definition) is 0. The molecule has 1 aliphatic rings. The lowest BCUT2D eigenvalue weighted by Gasteiger charge is -2.16. The summed E-state index contributed by atoms with van der Waals surface area (Å²) in [4.78, 5) is 8.92. The predicted molar refractivity (Wildman–Crippen MR) is 114 cm³/mol. The zero-order valence-electron chi connectivity index (χ0n) is 15.2. The number of benzene rings is 1. The topological polar surface area (TPSA) is 48.5 Å². The third kappa shape index (κ3) is 6.27. The third-order valence-electron chi connectivity index (χ3n) is 4.45. The van der Waals surface area contributed by atoms with Crippen molar-refractivity contribution in [2.24, 2.45) is 9.98 Å². The molecule has 1 heterocycles. The van der Waals surface area contributed by atoms with Gasteiger partial charge >= 0.3 is 0 Å². The first-order valence-electron chi connectivity index (χ1n) is 9.12. The van der Waals surface area contributed by atoms with Crippen molar-refractivity contribution in [2.45, 2.75) is 70.4 Å². The van der Waals surface area contributed by atoms with Gasteiger partial charge in [-0.05, 0) is 25.0 Å². The average Bonchev–Trinajstić information content (AvgIpc) is 3.02. The molecule has 2 rings (SSSR count). The van der Waals surface area contributed by atoms with Gasteiger partial charge < -0.3 is 0 Å². The molecule has 3 nitrogen and oxygen atoms in total. The van der Waals surface area contributed by atoms with Crippen LogP contribution >= 0.6 is 35.6 Å². The van der Waals surface area contributed by atoms with E-state index in [9.17, 15) is 5.26 Å². The number of unbranched alkanes of at least 4 members (excludes halogenated alkanes) is 7. The minimum atomic E-state index is -1.25. The molecule has 26 heavy (non-hydrogen) atoms. The van der Waals surface area contributed by atoms with Crippen molar-refractivity contribution in [3.05, 3.63) is 33.8 Å². The van der Waals surface area contributed by atoms with Crippen LogP contribution in [-0.2, 0) is 5.66 Å². The maximum absolute atomic E-state index is 9.63. The van der Waals surface area contributed by atoms with Gasteiger partial charge in [0, 0.05) is 16.8 Å². The van der Waals surface area contributed by atoms with Crippen LogP contribution in [0.4, 0.5) is 0 Å². The van der Waals surface area contributed by atoms with Crippen molar-refractivity contribution in [1.29, 1.82) is 5.26 Å². The van der Waals surface area contributed by atoms with E-state index in [1.807, 2.05) is 0 Å². The fraction of sp³-hybridized carbons (Fsp3) is 0.550. The molecule has 0 fully saturated rings. The molecule has 1 unspecified atom stereocenters. The van der Waals surface area contributed by atoms with E-state index in [1.54, 1.807) is 24.4 Å². The average molecular weight is 415 g/mol. The molecular weight excluding hydrogens is 389 g/mol. The quantitative estimate of drug-likeness (QED) is 0.375. The van der Waals surface area contributed by atoms with Gasteiger partial charge in [-0.2, -0.15) is 5.26 Å². The molecule has 0 amide bonds. The van der Waals surface area contributed by atoms with Gasteiger partial charge in [0.1, 0.15) is 6.07 Å². The summed E-state index contributed by atoms with van der Waals surface area (Å²) in [6.45, 7) is 2.24. The first-order chi connectivity index (χ1) is 12.1. The summed E-state index contributed by atoms with van der Waals surface area (Å²) < 4.78 is 0. The van der Waals surface area contributed by atoms with E-state index in [1.165, 1.54) is 44.9 Å². The summed E-state index contributed by atoms with van der Waals surface area (Å²) in [5.41, 5.74) is 0.207. The highest BCUT2D eigenvalue weighted by Crippen LogP contribution is 2.36. The second-order valence-electron chi connectivity index (χ2n) is 6.49. The number of nitriles is 1. The zero-order chi connectivity index (χ0) is 18.1. The van der Waals surface area contributed by atoms with Crippen LogP contribution in [0.1, 0.15) is 70.3 Å². The highest BCUT2D eigenvalue weighted by atomic mass is 35.5. The Bertz CT molecular complexity index is 679. The fourth-order valence-electron chi connectivity index (χ4n) is 3.01. The van der Waals surface area contributed by atoms with Crippen molar-refractivity contribution in [3.63, 3.8) is 0 Å². The molecule has 1 aliphatic heterocycles. The molecule has 6 heteroatoms. The summed E-state index contributed by atoms with van der Waals surface area (Å²) in [5.74, 6) is 0. The number of halogens is 3. The highest BCUT2D eigenvalue weighted by Gasteiger charge is 2.36. The molecule has 1 aromatic rings. The molecule has 0 aromatic heterocycles. The minimum absolute atomic E-state index is 0. The molecule has 0 bridgehead atoms. The van der Waals surface area contributed by atoms with Crippen LogP contribution in [0.3, 0.4) is 0 Å². The zero-order valence-corrected chi connectivity index (χ0v) is 17.5. The van der Waals surface area contributed by atoms with Crippen LogP contribution in [0.2, 0.25) is 10.0 Å². The van der Waals surface area contributed by atoms with Crippen LogP contribution in [0.25, 0.3) is 0 Å². The third-order valence-corrected chi connectivity index (χ3v) is 5.00. The van der Waals surface area contributed by atoms with Gasteiger partial charge in [0.25, 0.3) is 5.66 Å². The molecular formula is C20H26Cl3N3. The Morgan fingerprint density at radius 2 is 1.69 bits per heavy atom. The van der Waals surface area contributed by atoms with Crippen molar-refractivity contribution in [2.75, 3.05) is 0 Å². The van der Waals surface area contributed by atoms with Crippen LogP contribution in [0, 0.1) is 11.3 Å². The summed E-state index contributed by atoms with van der Waals surface area (Å²) >= 11 is 12.2. The molecule has 0 saturated carbocycles. The Morgan fingerprint density at radius 1 is 1.04 bits per heavy atom. The van der Waals surface area contributed by atoms with Crippen molar-refractivity contribution in [1.82, 2.24) is 0 Å². The van der Waals surface area contributed by atoms with Gasteiger partial charge in [-0.3, -0.25) is 0 Å². The smallest absolute Gasteiger partial charge is 0.243 e. The highest BCUT2D eigenvalue weighted by molar-refractivity contribution is 6.35. The Kier molecular flexibility index (Phi) is 10.2. The van der Waals surface area contributed by atoms with E-state index in [0.717, 1.165) is 18.6 Å². The first-order valence-corrected chi connectivity index (χ1v) is 9.87. The monoisotopic (exact) mass is 413 g/mol. The molecule has 0 spiro atoms. The second-order valence-corrected chi connectivity index (χ2v) is 7.34. The number of rotatable bonds is 10. The Hall–Kier alpha value is -1.08. The van der Waals surface area contributed by atoms with Crippen molar-refractivity contribution in [3.8, 4) is 6.07 Å². The lowest BCUT2D eigenvalue weighted by Crippen LogP contribution is -2.17. The lowest BCUT2D eigenvalue weighted by molar-refractivity contribution is 0.579. The SMILES string of the molecule is CCCCCCCCCCC1=NC(C#N)(c2ccc(Cl)cc2Cl)N=C1.Cl. The lowest BCUT2D eigenvalue weighted by atomic mass is 10.0. The Labute approximate surface area is 172 Å². The molecule has 142 valence electrons. The predicted octanol–water partition coefficient (Wildman–Crippen LogP) is 7.15. The van der Waals surface area contributed by atoms with Crippen LogP contribution < -0.4 is 0 Å². The maximum Gasteiger partial charge on any atom is 0.265 e. The number of aliphatic imine (C=N–C) groups is 2. The molecule has 1 aromatic carbocycles.